The third kappa shape index (κ3) is 4.05. The van der Waals surface area contributed by atoms with E-state index in [2.05, 4.69) is 5.32 Å². The summed E-state index contributed by atoms with van der Waals surface area (Å²) in [5.74, 6) is -0.497. The molecule has 28 heavy (non-hydrogen) atoms. The summed E-state index contributed by atoms with van der Waals surface area (Å²) in [7, 11) is 0. The fourth-order valence-corrected chi connectivity index (χ4v) is 3.13. The van der Waals surface area contributed by atoms with Crippen molar-refractivity contribution in [2.24, 2.45) is 0 Å². The number of carbonyl (C=O) groups excluding carboxylic acids is 1. The van der Waals surface area contributed by atoms with Crippen LogP contribution in [0.5, 0.6) is 0 Å². The molecule has 3 aromatic carbocycles. The van der Waals surface area contributed by atoms with E-state index >= 15 is 0 Å². The molecule has 0 fully saturated rings. The maximum absolute atomic E-state index is 12.8. The highest BCUT2D eigenvalue weighted by molar-refractivity contribution is 7.80. The van der Waals surface area contributed by atoms with Crippen LogP contribution in [-0.2, 0) is 0 Å². The topological polar surface area (TPSA) is 75.5 Å². The molecule has 0 aliphatic rings. The van der Waals surface area contributed by atoms with Crippen LogP contribution in [0.3, 0.4) is 0 Å². The SMILES string of the molecule is Cc1c(C(=O)NC(=S)N(c2ccccc2)c2ccccc2)cccc1[N+](=O)[O-]. The third-order valence-electron chi connectivity index (χ3n) is 4.20. The first-order valence-electron chi connectivity index (χ1n) is 8.48. The molecule has 0 atom stereocenters. The Bertz CT molecular complexity index is 984. The molecule has 0 bridgehead atoms. The fourth-order valence-electron chi connectivity index (χ4n) is 2.83. The second kappa shape index (κ2) is 8.41. The van der Waals surface area contributed by atoms with Gasteiger partial charge in [-0.3, -0.25) is 25.1 Å². The smallest absolute Gasteiger partial charge is 0.273 e. The number of para-hydroxylation sites is 2. The molecule has 140 valence electrons. The van der Waals surface area contributed by atoms with E-state index in [-0.39, 0.29) is 16.4 Å². The van der Waals surface area contributed by atoms with E-state index in [4.69, 9.17) is 12.2 Å². The number of thiocarbonyl (C=S) groups is 1. The molecule has 7 heteroatoms. The molecule has 0 unspecified atom stereocenters. The van der Waals surface area contributed by atoms with E-state index in [1.807, 2.05) is 60.7 Å². The zero-order valence-corrected chi connectivity index (χ0v) is 15.8. The number of nitro groups is 1. The van der Waals surface area contributed by atoms with Crippen molar-refractivity contribution in [2.45, 2.75) is 6.92 Å². The number of carbonyl (C=O) groups is 1. The number of amides is 1. The quantitative estimate of drug-likeness (QED) is 0.394. The number of rotatable bonds is 4. The molecule has 3 aromatic rings. The zero-order chi connectivity index (χ0) is 20.1. The van der Waals surface area contributed by atoms with Crippen LogP contribution in [0.2, 0.25) is 0 Å². The van der Waals surface area contributed by atoms with Crippen LogP contribution < -0.4 is 10.2 Å². The normalized spacial score (nSPS) is 10.2. The van der Waals surface area contributed by atoms with Crippen LogP contribution in [0, 0.1) is 17.0 Å². The summed E-state index contributed by atoms with van der Waals surface area (Å²) >= 11 is 5.50. The van der Waals surface area contributed by atoms with Gasteiger partial charge in [0.25, 0.3) is 11.6 Å². The Labute approximate surface area is 167 Å². The molecule has 0 spiro atoms. The van der Waals surface area contributed by atoms with Gasteiger partial charge < -0.3 is 0 Å². The highest BCUT2D eigenvalue weighted by Crippen LogP contribution is 2.26. The molecular formula is C21H17N3O3S. The predicted octanol–water partition coefficient (Wildman–Crippen LogP) is 4.76. The zero-order valence-electron chi connectivity index (χ0n) is 15.0. The molecule has 0 aliphatic heterocycles. The first kappa shape index (κ1) is 19.2. The lowest BCUT2D eigenvalue weighted by Gasteiger charge is -2.25. The minimum atomic E-state index is -0.509. The molecule has 0 radical (unpaired) electrons. The van der Waals surface area contributed by atoms with Gasteiger partial charge in [0.15, 0.2) is 5.11 Å². The third-order valence-corrected chi connectivity index (χ3v) is 4.48. The number of nitrogens with zero attached hydrogens (tertiary/aromatic N) is 2. The number of hydrogen-bond donors (Lipinski definition) is 1. The largest absolute Gasteiger partial charge is 0.298 e. The predicted molar refractivity (Wildman–Crippen MR) is 113 cm³/mol. The van der Waals surface area contributed by atoms with Gasteiger partial charge in [-0.15, -0.1) is 0 Å². The van der Waals surface area contributed by atoms with Crippen LogP contribution in [0.15, 0.2) is 78.9 Å². The van der Waals surface area contributed by atoms with Gasteiger partial charge >= 0.3 is 0 Å². The van der Waals surface area contributed by atoms with Crippen LogP contribution in [0.4, 0.5) is 17.1 Å². The van der Waals surface area contributed by atoms with Crippen LogP contribution in [0.1, 0.15) is 15.9 Å². The van der Waals surface area contributed by atoms with Gasteiger partial charge in [-0.25, -0.2) is 0 Å². The second-order valence-corrected chi connectivity index (χ2v) is 6.36. The lowest BCUT2D eigenvalue weighted by Crippen LogP contribution is -2.40. The van der Waals surface area contributed by atoms with Crippen LogP contribution >= 0.6 is 12.2 Å². The van der Waals surface area contributed by atoms with E-state index in [9.17, 15) is 14.9 Å². The van der Waals surface area contributed by atoms with Crippen molar-refractivity contribution in [3.63, 3.8) is 0 Å². The van der Waals surface area contributed by atoms with Gasteiger partial charge in [0, 0.05) is 28.6 Å². The molecule has 6 nitrogen and oxygen atoms in total. The first-order chi connectivity index (χ1) is 13.5. The van der Waals surface area contributed by atoms with Crippen molar-refractivity contribution in [2.75, 3.05) is 4.90 Å². The number of anilines is 2. The van der Waals surface area contributed by atoms with Gasteiger partial charge in [-0.1, -0.05) is 42.5 Å². The molecule has 0 heterocycles. The summed E-state index contributed by atoms with van der Waals surface area (Å²) in [5, 5.41) is 14.0. The van der Waals surface area contributed by atoms with Crippen molar-refractivity contribution < 1.29 is 9.72 Å². The molecule has 1 amide bonds. The Morgan fingerprint density at radius 3 is 1.96 bits per heavy atom. The summed E-state index contributed by atoms with van der Waals surface area (Å²) in [6, 6.07) is 23.2. The van der Waals surface area contributed by atoms with Gasteiger partial charge in [0.2, 0.25) is 0 Å². The van der Waals surface area contributed by atoms with E-state index in [1.165, 1.54) is 18.2 Å². The average Bonchev–Trinajstić information content (AvgIpc) is 2.69. The molecule has 1 N–H and O–H groups in total. The number of benzene rings is 3. The van der Waals surface area contributed by atoms with Crippen molar-refractivity contribution in [3.8, 4) is 0 Å². The van der Waals surface area contributed by atoms with Crippen LogP contribution in [-0.4, -0.2) is 15.9 Å². The Kier molecular flexibility index (Phi) is 5.76. The lowest BCUT2D eigenvalue weighted by molar-refractivity contribution is -0.385. The number of nitro benzene ring substituents is 1. The minimum absolute atomic E-state index is 0.110. The molecule has 0 saturated carbocycles. The highest BCUT2D eigenvalue weighted by Gasteiger charge is 2.21. The molecule has 3 rings (SSSR count). The van der Waals surface area contributed by atoms with Crippen molar-refractivity contribution in [1.29, 1.82) is 0 Å². The van der Waals surface area contributed by atoms with Gasteiger partial charge in [-0.05, 0) is 49.5 Å². The van der Waals surface area contributed by atoms with Crippen LogP contribution in [0.25, 0.3) is 0 Å². The second-order valence-electron chi connectivity index (χ2n) is 5.97. The summed E-state index contributed by atoms with van der Waals surface area (Å²) in [5.41, 5.74) is 1.96. The Hall–Kier alpha value is -3.58. The van der Waals surface area contributed by atoms with E-state index in [1.54, 1.807) is 11.8 Å². The Morgan fingerprint density at radius 1 is 0.929 bits per heavy atom. The van der Waals surface area contributed by atoms with Crippen molar-refractivity contribution >= 4 is 40.3 Å². The van der Waals surface area contributed by atoms with Gasteiger partial charge in [0.1, 0.15) is 0 Å². The first-order valence-corrected chi connectivity index (χ1v) is 8.89. The summed E-state index contributed by atoms with van der Waals surface area (Å²) in [6.07, 6.45) is 0. The summed E-state index contributed by atoms with van der Waals surface area (Å²) in [6.45, 7) is 1.54. The monoisotopic (exact) mass is 391 g/mol. The Balaban J connectivity index is 1.92. The molecule has 0 saturated heterocycles. The lowest BCUT2D eigenvalue weighted by atomic mass is 10.1. The minimum Gasteiger partial charge on any atom is -0.298 e. The maximum Gasteiger partial charge on any atom is 0.273 e. The number of hydrogen-bond acceptors (Lipinski definition) is 4. The molecular weight excluding hydrogens is 374 g/mol. The summed E-state index contributed by atoms with van der Waals surface area (Å²) < 4.78 is 0. The fraction of sp³-hybridized carbons (Fsp3) is 0.0476. The Morgan fingerprint density at radius 2 is 1.46 bits per heavy atom. The van der Waals surface area contributed by atoms with Crippen molar-refractivity contribution in [1.82, 2.24) is 5.32 Å². The summed E-state index contributed by atoms with van der Waals surface area (Å²) in [4.78, 5) is 25.1. The standard InChI is InChI=1S/C21H17N3O3S/c1-15-18(13-8-14-19(15)24(26)27)20(25)22-21(28)23(16-9-4-2-5-10-16)17-11-6-3-7-12-17/h2-14H,1H3,(H,22,25,28). The van der Waals surface area contributed by atoms with Gasteiger partial charge in [0.05, 0.1) is 4.92 Å². The maximum atomic E-state index is 12.8. The number of nitrogens with one attached hydrogen (secondary N) is 1. The van der Waals surface area contributed by atoms with Gasteiger partial charge in [-0.2, -0.15) is 0 Å². The van der Waals surface area contributed by atoms with E-state index in [0.717, 1.165) is 11.4 Å². The van der Waals surface area contributed by atoms with E-state index in [0.29, 0.717) is 5.56 Å². The highest BCUT2D eigenvalue weighted by atomic mass is 32.1. The van der Waals surface area contributed by atoms with E-state index < -0.39 is 10.8 Å². The average molecular weight is 391 g/mol. The molecule has 0 aliphatic carbocycles. The van der Waals surface area contributed by atoms with Crippen molar-refractivity contribution in [3.05, 3.63) is 100 Å². The molecule has 0 aromatic heterocycles.